The lowest BCUT2D eigenvalue weighted by Gasteiger charge is -2.24. The van der Waals surface area contributed by atoms with Gasteiger partial charge in [0.25, 0.3) is 5.91 Å². The fourth-order valence-electron chi connectivity index (χ4n) is 3.01. The van der Waals surface area contributed by atoms with Gasteiger partial charge in [-0.05, 0) is 30.9 Å². The first-order valence-electron chi connectivity index (χ1n) is 8.99. The summed E-state index contributed by atoms with van der Waals surface area (Å²) in [5, 5.41) is 15.3. The standard InChI is InChI=1S/C19H28N2O6/c1-11(2)10-13(17(22)20-12-8-9-27-19(12)24)21-18(23)16-14(25-3)6-5-7-15(16)26-4/h5-7,11-13,19,24H,8-10H2,1-4H3,(H,20,22)(H,21,23)/t12-,13?,19?/m0/s1. The zero-order valence-corrected chi connectivity index (χ0v) is 16.2. The number of amides is 2. The van der Waals surface area contributed by atoms with Crippen molar-refractivity contribution >= 4 is 11.8 Å². The molecule has 2 unspecified atom stereocenters. The van der Waals surface area contributed by atoms with Crippen molar-refractivity contribution in [1.82, 2.24) is 10.6 Å². The number of ether oxygens (including phenoxy) is 3. The number of methoxy groups -OCH3 is 2. The van der Waals surface area contributed by atoms with Crippen LogP contribution in [0, 0.1) is 5.92 Å². The van der Waals surface area contributed by atoms with Crippen LogP contribution in [-0.4, -0.2) is 56.1 Å². The second kappa shape index (κ2) is 9.57. The highest BCUT2D eigenvalue weighted by molar-refractivity contribution is 6.02. The van der Waals surface area contributed by atoms with E-state index in [1.807, 2.05) is 13.8 Å². The molecule has 150 valence electrons. The summed E-state index contributed by atoms with van der Waals surface area (Å²) in [7, 11) is 2.93. The molecular weight excluding hydrogens is 352 g/mol. The van der Waals surface area contributed by atoms with Gasteiger partial charge in [-0.2, -0.15) is 0 Å². The van der Waals surface area contributed by atoms with E-state index in [4.69, 9.17) is 14.2 Å². The zero-order valence-electron chi connectivity index (χ0n) is 16.2. The molecule has 1 heterocycles. The molecule has 1 aliphatic heterocycles. The van der Waals surface area contributed by atoms with E-state index in [2.05, 4.69) is 10.6 Å². The average molecular weight is 380 g/mol. The van der Waals surface area contributed by atoms with Crippen molar-refractivity contribution in [1.29, 1.82) is 0 Å². The zero-order chi connectivity index (χ0) is 20.0. The maximum absolute atomic E-state index is 12.9. The number of carbonyl (C=O) groups excluding carboxylic acids is 2. The lowest BCUT2D eigenvalue weighted by atomic mass is 10.0. The van der Waals surface area contributed by atoms with Crippen LogP contribution in [0.25, 0.3) is 0 Å². The molecule has 3 N–H and O–H groups in total. The molecule has 0 saturated carbocycles. The Balaban J connectivity index is 2.18. The summed E-state index contributed by atoms with van der Waals surface area (Å²) in [6.07, 6.45) is -0.0625. The largest absolute Gasteiger partial charge is 0.496 e. The highest BCUT2D eigenvalue weighted by Gasteiger charge is 2.32. The van der Waals surface area contributed by atoms with Crippen LogP contribution in [-0.2, 0) is 9.53 Å². The van der Waals surface area contributed by atoms with Crippen molar-refractivity contribution in [2.24, 2.45) is 5.92 Å². The van der Waals surface area contributed by atoms with Crippen LogP contribution < -0.4 is 20.1 Å². The number of carbonyl (C=O) groups is 2. The summed E-state index contributed by atoms with van der Waals surface area (Å²) in [4.78, 5) is 25.6. The van der Waals surface area contributed by atoms with Crippen LogP contribution in [0.3, 0.4) is 0 Å². The smallest absolute Gasteiger partial charge is 0.259 e. The average Bonchev–Trinajstić information content (AvgIpc) is 3.04. The topological polar surface area (TPSA) is 106 Å². The Bertz CT molecular complexity index is 641. The quantitative estimate of drug-likeness (QED) is 0.623. The molecule has 1 fully saturated rings. The van der Waals surface area contributed by atoms with Gasteiger partial charge in [0.15, 0.2) is 6.29 Å². The van der Waals surface area contributed by atoms with E-state index in [0.29, 0.717) is 30.9 Å². The Hall–Kier alpha value is -2.32. The normalized spacial score (nSPS) is 20.2. The second-order valence-corrected chi connectivity index (χ2v) is 6.86. The van der Waals surface area contributed by atoms with Gasteiger partial charge in [-0.3, -0.25) is 9.59 Å². The van der Waals surface area contributed by atoms with Crippen LogP contribution >= 0.6 is 0 Å². The van der Waals surface area contributed by atoms with Gasteiger partial charge in [0, 0.05) is 0 Å². The number of aliphatic hydroxyl groups is 1. The number of hydrogen-bond acceptors (Lipinski definition) is 6. The molecule has 0 aliphatic carbocycles. The van der Waals surface area contributed by atoms with Crippen LogP contribution in [0.4, 0.5) is 0 Å². The molecular formula is C19H28N2O6. The van der Waals surface area contributed by atoms with Crippen LogP contribution in [0.5, 0.6) is 11.5 Å². The van der Waals surface area contributed by atoms with Crippen molar-refractivity contribution in [2.45, 2.75) is 45.1 Å². The monoisotopic (exact) mass is 380 g/mol. The predicted octanol–water partition coefficient (Wildman–Crippen LogP) is 1.07. The first-order chi connectivity index (χ1) is 12.9. The Morgan fingerprint density at radius 3 is 2.37 bits per heavy atom. The molecule has 8 heteroatoms. The fourth-order valence-corrected chi connectivity index (χ4v) is 3.01. The van der Waals surface area contributed by atoms with Gasteiger partial charge < -0.3 is 30.0 Å². The molecule has 0 spiro atoms. The fraction of sp³-hybridized carbons (Fsp3) is 0.579. The lowest BCUT2D eigenvalue weighted by molar-refractivity contribution is -0.127. The molecule has 0 radical (unpaired) electrons. The predicted molar refractivity (Wildman–Crippen MR) is 98.8 cm³/mol. The van der Waals surface area contributed by atoms with Crippen LogP contribution in [0.2, 0.25) is 0 Å². The molecule has 1 aromatic rings. The number of hydrogen-bond donors (Lipinski definition) is 3. The van der Waals surface area contributed by atoms with Crippen LogP contribution in [0.15, 0.2) is 18.2 Å². The molecule has 2 amide bonds. The molecule has 1 aromatic carbocycles. The van der Waals surface area contributed by atoms with Crippen molar-refractivity contribution in [3.63, 3.8) is 0 Å². The first-order valence-corrected chi connectivity index (χ1v) is 8.99. The summed E-state index contributed by atoms with van der Waals surface area (Å²) < 4.78 is 15.6. The third-order valence-corrected chi connectivity index (χ3v) is 4.37. The van der Waals surface area contributed by atoms with Crippen LogP contribution in [0.1, 0.15) is 37.0 Å². The molecule has 8 nitrogen and oxygen atoms in total. The van der Waals surface area contributed by atoms with Gasteiger partial charge in [0.05, 0.1) is 26.9 Å². The third-order valence-electron chi connectivity index (χ3n) is 4.37. The summed E-state index contributed by atoms with van der Waals surface area (Å²) in [6, 6.07) is 3.78. The number of nitrogens with one attached hydrogen (secondary N) is 2. The summed E-state index contributed by atoms with van der Waals surface area (Å²) in [5.41, 5.74) is 0.230. The molecule has 0 aromatic heterocycles. The minimum atomic E-state index is -1.03. The van der Waals surface area contributed by atoms with Crippen molar-refractivity contribution in [2.75, 3.05) is 20.8 Å². The molecule has 0 bridgehead atoms. The summed E-state index contributed by atoms with van der Waals surface area (Å²) >= 11 is 0. The van der Waals surface area contributed by atoms with E-state index < -0.39 is 24.3 Å². The Morgan fingerprint density at radius 1 is 1.26 bits per heavy atom. The van der Waals surface area contributed by atoms with Gasteiger partial charge in [0.2, 0.25) is 5.91 Å². The van der Waals surface area contributed by atoms with E-state index in [1.165, 1.54) is 14.2 Å². The highest BCUT2D eigenvalue weighted by Crippen LogP contribution is 2.28. The van der Waals surface area contributed by atoms with Crippen molar-refractivity contribution < 1.29 is 28.9 Å². The van der Waals surface area contributed by atoms with Crippen molar-refractivity contribution in [3.8, 4) is 11.5 Å². The SMILES string of the molecule is COc1cccc(OC)c1C(=O)NC(CC(C)C)C(=O)N[C@H]1CCOC1O. The molecule has 3 atom stereocenters. The van der Waals surface area contributed by atoms with Gasteiger partial charge in [0.1, 0.15) is 23.1 Å². The van der Waals surface area contributed by atoms with E-state index in [9.17, 15) is 14.7 Å². The lowest BCUT2D eigenvalue weighted by Crippen LogP contribution is -2.51. The van der Waals surface area contributed by atoms with Crippen molar-refractivity contribution in [3.05, 3.63) is 23.8 Å². The minimum absolute atomic E-state index is 0.172. The summed E-state index contributed by atoms with van der Waals surface area (Å²) in [6.45, 7) is 4.30. The van der Waals surface area contributed by atoms with E-state index in [-0.39, 0.29) is 17.4 Å². The molecule has 2 rings (SSSR count). The maximum Gasteiger partial charge on any atom is 0.259 e. The Kier molecular flexibility index (Phi) is 7.44. The number of aliphatic hydroxyl groups excluding tert-OH is 1. The van der Waals surface area contributed by atoms with Gasteiger partial charge in [-0.1, -0.05) is 19.9 Å². The summed E-state index contributed by atoms with van der Waals surface area (Å²) in [5.74, 6) is 0.0597. The molecule has 27 heavy (non-hydrogen) atoms. The molecule has 1 aliphatic rings. The number of rotatable bonds is 8. The van der Waals surface area contributed by atoms with E-state index in [1.54, 1.807) is 18.2 Å². The van der Waals surface area contributed by atoms with Gasteiger partial charge >= 0.3 is 0 Å². The van der Waals surface area contributed by atoms with Gasteiger partial charge in [-0.25, -0.2) is 0 Å². The highest BCUT2D eigenvalue weighted by atomic mass is 16.6. The number of benzene rings is 1. The first kappa shape index (κ1) is 21.0. The third kappa shape index (κ3) is 5.33. The molecule has 1 saturated heterocycles. The van der Waals surface area contributed by atoms with E-state index in [0.717, 1.165) is 0 Å². The minimum Gasteiger partial charge on any atom is -0.496 e. The van der Waals surface area contributed by atoms with E-state index >= 15 is 0 Å². The maximum atomic E-state index is 12.9. The Morgan fingerprint density at radius 2 is 1.89 bits per heavy atom. The second-order valence-electron chi connectivity index (χ2n) is 6.86. The Labute approximate surface area is 159 Å². The van der Waals surface area contributed by atoms with Gasteiger partial charge in [-0.15, -0.1) is 0 Å².